The maximum absolute atomic E-state index is 11.2. The van der Waals surface area contributed by atoms with Crippen LogP contribution in [0.3, 0.4) is 0 Å². The fourth-order valence-corrected chi connectivity index (χ4v) is 8.19. The van der Waals surface area contributed by atoms with Gasteiger partial charge in [0, 0.05) is 0 Å². The second-order valence-electron chi connectivity index (χ2n) is 10.2. The number of aliphatic hydroxyl groups excluding tert-OH is 3. The largest absolute Gasteiger partial charge is 0.393 e. The number of hydrogen-bond donors (Lipinski definition) is 3. The SMILES string of the molecule is C[C@@H](O)[C@@H]1CC[C@@H]2[C@H]3CC[C@H]4C[C@@H](O)CC[C@]4(C)[C@@H]3[C@@H](O)C[C@]21C. The highest BCUT2D eigenvalue weighted by atomic mass is 16.3. The molecule has 0 aromatic rings. The van der Waals surface area contributed by atoms with Crippen LogP contribution in [0.1, 0.15) is 72.1 Å². The molecule has 4 saturated carbocycles. The first-order valence-electron chi connectivity index (χ1n) is 10.3. The van der Waals surface area contributed by atoms with E-state index in [1.54, 1.807) is 0 Å². The molecule has 4 rings (SSSR count). The summed E-state index contributed by atoms with van der Waals surface area (Å²) in [6.45, 7) is 6.70. The van der Waals surface area contributed by atoms with Gasteiger partial charge in [-0.05, 0) is 98.7 Å². The van der Waals surface area contributed by atoms with Crippen molar-refractivity contribution in [2.24, 2.45) is 40.4 Å². The van der Waals surface area contributed by atoms with Gasteiger partial charge in [-0.1, -0.05) is 13.8 Å². The lowest BCUT2D eigenvalue weighted by molar-refractivity contribution is -0.181. The maximum Gasteiger partial charge on any atom is 0.0581 e. The van der Waals surface area contributed by atoms with Crippen molar-refractivity contribution in [3.05, 3.63) is 0 Å². The molecule has 4 aliphatic carbocycles. The smallest absolute Gasteiger partial charge is 0.0581 e. The van der Waals surface area contributed by atoms with E-state index < -0.39 is 0 Å². The van der Waals surface area contributed by atoms with Crippen LogP contribution in [-0.4, -0.2) is 33.6 Å². The zero-order valence-electron chi connectivity index (χ0n) is 15.6. The Morgan fingerprint density at radius 2 is 1.71 bits per heavy atom. The maximum atomic E-state index is 11.2. The molecule has 0 aliphatic heterocycles. The topological polar surface area (TPSA) is 60.7 Å². The van der Waals surface area contributed by atoms with Crippen LogP contribution in [0.15, 0.2) is 0 Å². The molecule has 3 nitrogen and oxygen atoms in total. The normalized spacial score (nSPS) is 58.5. The van der Waals surface area contributed by atoms with Crippen molar-refractivity contribution in [2.75, 3.05) is 0 Å². The Bertz CT molecular complexity index is 491. The minimum absolute atomic E-state index is 0.103. The Balaban J connectivity index is 1.66. The van der Waals surface area contributed by atoms with E-state index in [4.69, 9.17) is 0 Å². The van der Waals surface area contributed by atoms with Crippen LogP contribution in [0.25, 0.3) is 0 Å². The van der Waals surface area contributed by atoms with E-state index >= 15 is 0 Å². The summed E-state index contributed by atoms with van der Waals surface area (Å²) < 4.78 is 0. The molecular formula is C21H36O3. The van der Waals surface area contributed by atoms with E-state index in [0.717, 1.165) is 32.1 Å². The van der Waals surface area contributed by atoms with E-state index in [1.165, 1.54) is 19.3 Å². The molecule has 0 radical (unpaired) electrons. The Morgan fingerprint density at radius 1 is 0.958 bits per heavy atom. The van der Waals surface area contributed by atoms with Gasteiger partial charge < -0.3 is 15.3 Å². The lowest BCUT2D eigenvalue weighted by Crippen LogP contribution is -2.59. The van der Waals surface area contributed by atoms with Crippen molar-refractivity contribution in [3.63, 3.8) is 0 Å². The fourth-order valence-electron chi connectivity index (χ4n) is 8.19. The lowest BCUT2D eigenvalue weighted by Gasteiger charge is -2.62. The van der Waals surface area contributed by atoms with Gasteiger partial charge in [0.1, 0.15) is 0 Å². The van der Waals surface area contributed by atoms with Crippen molar-refractivity contribution in [1.29, 1.82) is 0 Å². The molecule has 0 aromatic carbocycles. The second kappa shape index (κ2) is 5.69. The highest BCUT2D eigenvalue weighted by Crippen LogP contribution is 2.67. The number of rotatable bonds is 1. The van der Waals surface area contributed by atoms with Crippen LogP contribution in [0, 0.1) is 40.4 Å². The predicted molar refractivity (Wildman–Crippen MR) is 94.3 cm³/mol. The average molecular weight is 337 g/mol. The zero-order valence-corrected chi connectivity index (χ0v) is 15.6. The number of aliphatic hydroxyl groups is 3. The van der Waals surface area contributed by atoms with Gasteiger partial charge >= 0.3 is 0 Å². The molecule has 0 spiro atoms. The van der Waals surface area contributed by atoms with Crippen LogP contribution in [0.2, 0.25) is 0 Å². The Morgan fingerprint density at radius 3 is 2.42 bits per heavy atom. The van der Waals surface area contributed by atoms with Crippen LogP contribution < -0.4 is 0 Å². The summed E-state index contributed by atoms with van der Waals surface area (Å²) in [5.41, 5.74) is 0.304. The fraction of sp³-hybridized carbons (Fsp3) is 1.00. The van der Waals surface area contributed by atoms with Crippen molar-refractivity contribution in [3.8, 4) is 0 Å². The summed E-state index contributed by atoms with van der Waals surface area (Å²) in [5.74, 6) is 2.59. The van der Waals surface area contributed by atoms with Crippen LogP contribution in [-0.2, 0) is 0 Å². The molecule has 3 N–H and O–H groups in total. The summed E-state index contributed by atoms with van der Waals surface area (Å²) in [6.07, 6.45) is 7.91. The van der Waals surface area contributed by atoms with Gasteiger partial charge in [-0.25, -0.2) is 0 Å². The van der Waals surface area contributed by atoms with E-state index in [-0.39, 0.29) is 29.1 Å². The van der Waals surface area contributed by atoms with Gasteiger partial charge in [0.05, 0.1) is 18.3 Å². The Labute approximate surface area is 146 Å². The molecule has 3 heteroatoms. The molecule has 4 aliphatic rings. The van der Waals surface area contributed by atoms with Crippen LogP contribution >= 0.6 is 0 Å². The highest BCUT2D eigenvalue weighted by molar-refractivity contribution is 5.12. The predicted octanol–water partition coefficient (Wildman–Crippen LogP) is 3.36. The summed E-state index contributed by atoms with van der Waals surface area (Å²) in [4.78, 5) is 0. The molecule has 0 saturated heterocycles. The van der Waals surface area contributed by atoms with Crippen molar-refractivity contribution < 1.29 is 15.3 Å². The quantitative estimate of drug-likeness (QED) is 0.688. The van der Waals surface area contributed by atoms with Crippen molar-refractivity contribution >= 4 is 0 Å². The van der Waals surface area contributed by atoms with Crippen molar-refractivity contribution in [2.45, 2.75) is 90.4 Å². The molecule has 10 atom stereocenters. The zero-order chi connectivity index (χ0) is 17.3. The molecule has 0 heterocycles. The summed E-state index contributed by atoms with van der Waals surface area (Å²) in [6, 6.07) is 0. The van der Waals surface area contributed by atoms with Gasteiger partial charge in [0.15, 0.2) is 0 Å². The summed E-state index contributed by atoms with van der Waals surface area (Å²) in [5, 5.41) is 31.7. The van der Waals surface area contributed by atoms with Crippen molar-refractivity contribution in [1.82, 2.24) is 0 Å². The van der Waals surface area contributed by atoms with Gasteiger partial charge in [-0.15, -0.1) is 0 Å². The third-order valence-corrected chi connectivity index (χ3v) is 9.22. The summed E-state index contributed by atoms with van der Waals surface area (Å²) in [7, 11) is 0. The monoisotopic (exact) mass is 336 g/mol. The first-order chi connectivity index (χ1) is 11.3. The standard InChI is InChI=1S/C21H36O3/c1-12(22)16-6-7-17-15-5-4-13-10-14(23)8-9-20(13,2)19(15)18(24)11-21(16,17)3/h12-19,22-24H,4-11H2,1-3H3/t12-,13+,14+,15-,16+,17-,18+,19+,20+,21+/m1/s1. The molecular weight excluding hydrogens is 300 g/mol. The molecule has 0 bridgehead atoms. The Hall–Kier alpha value is -0.120. The van der Waals surface area contributed by atoms with Gasteiger partial charge in [0.2, 0.25) is 0 Å². The first kappa shape index (κ1) is 17.3. The van der Waals surface area contributed by atoms with E-state index in [1.807, 2.05) is 6.92 Å². The number of hydrogen-bond acceptors (Lipinski definition) is 3. The minimum Gasteiger partial charge on any atom is -0.393 e. The Kier molecular flexibility index (Phi) is 4.10. The molecule has 0 unspecified atom stereocenters. The second-order valence-corrected chi connectivity index (χ2v) is 10.2. The van der Waals surface area contributed by atoms with Crippen LogP contribution in [0.4, 0.5) is 0 Å². The molecule has 4 fully saturated rings. The molecule has 0 amide bonds. The van der Waals surface area contributed by atoms with E-state index in [2.05, 4.69) is 13.8 Å². The highest BCUT2D eigenvalue weighted by Gasteiger charge is 2.63. The number of fused-ring (bicyclic) bond motifs is 5. The van der Waals surface area contributed by atoms with E-state index in [0.29, 0.717) is 29.6 Å². The van der Waals surface area contributed by atoms with Gasteiger partial charge in [0.25, 0.3) is 0 Å². The minimum atomic E-state index is -0.263. The lowest BCUT2D eigenvalue weighted by atomic mass is 9.44. The molecule has 0 aromatic heterocycles. The van der Waals surface area contributed by atoms with E-state index in [9.17, 15) is 15.3 Å². The summed E-state index contributed by atoms with van der Waals surface area (Å²) >= 11 is 0. The third-order valence-electron chi connectivity index (χ3n) is 9.22. The van der Waals surface area contributed by atoms with Gasteiger partial charge in [-0.2, -0.15) is 0 Å². The first-order valence-corrected chi connectivity index (χ1v) is 10.3. The molecule has 138 valence electrons. The average Bonchev–Trinajstić information content (AvgIpc) is 2.84. The van der Waals surface area contributed by atoms with Crippen LogP contribution in [0.5, 0.6) is 0 Å². The molecule has 24 heavy (non-hydrogen) atoms. The van der Waals surface area contributed by atoms with Gasteiger partial charge in [-0.3, -0.25) is 0 Å². The third kappa shape index (κ3) is 2.27.